The van der Waals surface area contributed by atoms with E-state index in [0.717, 1.165) is 57.8 Å². The van der Waals surface area contributed by atoms with Crippen LogP contribution in [0, 0.1) is 0 Å². The summed E-state index contributed by atoms with van der Waals surface area (Å²) in [6.07, 6.45) is 52.4. The Bertz CT molecular complexity index is 919. The zero-order chi connectivity index (χ0) is 42.4. The van der Waals surface area contributed by atoms with Crippen LogP contribution in [0.4, 0.5) is 0 Å². The summed E-state index contributed by atoms with van der Waals surface area (Å²) in [6.45, 7) is 6.47. The molecule has 0 saturated carbocycles. The van der Waals surface area contributed by atoms with Gasteiger partial charge < -0.3 is 20.3 Å². The van der Waals surface area contributed by atoms with Crippen LogP contribution >= 0.6 is 0 Å². The molecule has 0 aliphatic heterocycles. The highest BCUT2D eigenvalue weighted by atomic mass is 16.5. The molecule has 0 aromatic heterocycles. The number of carbonyl (C=O) groups excluding carboxylic acids is 2. The van der Waals surface area contributed by atoms with E-state index in [0.29, 0.717) is 19.3 Å². The Morgan fingerprint density at radius 3 is 1.31 bits per heavy atom. The second kappa shape index (κ2) is 46.4. The molecule has 58 heavy (non-hydrogen) atoms. The first kappa shape index (κ1) is 56.3. The maximum atomic E-state index is 13.2. The van der Waals surface area contributed by atoms with Gasteiger partial charge in [0.25, 0.3) is 0 Å². The van der Waals surface area contributed by atoms with Crippen molar-refractivity contribution >= 4 is 11.9 Å². The fourth-order valence-corrected chi connectivity index (χ4v) is 7.90. The molecule has 0 fully saturated rings. The molecule has 0 bridgehead atoms. The lowest BCUT2D eigenvalue weighted by Crippen LogP contribution is -2.46. The number of rotatable bonds is 46. The molecule has 0 radical (unpaired) electrons. The van der Waals surface area contributed by atoms with E-state index < -0.39 is 18.2 Å². The van der Waals surface area contributed by atoms with Crippen LogP contribution in [0.5, 0.6) is 0 Å². The van der Waals surface area contributed by atoms with Gasteiger partial charge in [-0.05, 0) is 44.9 Å². The SMILES string of the molecule is CCCCCCCCC/C=C/C=C/CCCC(CC(=O)NC(CO)C(O)CCCCCCCCCCCCCCCCC)OC(=O)CCCCCCCCCCCC. The highest BCUT2D eigenvalue weighted by molar-refractivity contribution is 5.77. The molecule has 0 saturated heterocycles. The number of amides is 1. The lowest BCUT2D eigenvalue weighted by Gasteiger charge is -2.24. The Hall–Kier alpha value is -1.66. The van der Waals surface area contributed by atoms with Gasteiger partial charge in [-0.2, -0.15) is 0 Å². The topological polar surface area (TPSA) is 95.9 Å². The highest BCUT2D eigenvalue weighted by Crippen LogP contribution is 2.17. The van der Waals surface area contributed by atoms with Crippen molar-refractivity contribution < 1.29 is 24.5 Å². The third-order valence-electron chi connectivity index (χ3n) is 11.8. The van der Waals surface area contributed by atoms with E-state index in [4.69, 9.17) is 4.74 Å². The second-order valence-electron chi connectivity index (χ2n) is 17.6. The largest absolute Gasteiger partial charge is 0.462 e. The number of hydrogen-bond donors (Lipinski definition) is 3. The number of ether oxygens (including phenoxy) is 1. The van der Waals surface area contributed by atoms with Crippen LogP contribution in [-0.2, 0) is 14.3 Å². The number of aliphatic hydroxyl groups excluding tert-OH is 2. The van der Waals surface area contributed by atoms with Gasteiger partial charge in [-0.15, -0.1) is 0 Å². The minimum atomic E-state index is -0.794. The molecular weight excluding hydrogens is 719 g/mol. The molecule has 3 unspecified atom stereocenters. The molecular formula is C52H99NO5. The third kappa shape index (κ3) is 41.1. The summed E-state index contributed by atoms with van der Waals surface area (Å²) in [7, 11) is 0. The molecule has 0 aliphatic rings. The molecule has 1 amide bonds. The van der Waals surface area contributed by atoms with Crippen LogP contribution in [0.1, 0.15) is 271 Å². The minimum Gasteiger partial charge on any atom is -0.462 e. The Balaban J connectivity index is 4.57. The molecule has 0 aromatic rings. The van der Waals surface area contributed by atoms with E-state index in [2.05, 4.69) is 50.4 Å². The van der Waals surface area contributed by atoms with Crippen LogP contribution in [-0.4, -0.2) is 46.9 Å². The number of carbonyl (C=O) groups is 2. The smallest absolute Gasteiger partial charge is 0.306 e. The van der Waals surface area contributed by atoms with Crippen LogP contribution in [0.2, 0.25) is 0 Å². The fraction of sp³-hybridized carbons (Fsp3) is 0.885. The standard InChI is InChI=1S/C52H99NO5/c1-4-7-10-13-16-19-22-24-26-28-30-32-35-38-41-44-50(55)49(47-54)53-51(56)46-48(58-52(57)45-42-39-36-33-21-18-15-12-9-6-3)43-40-37-34-31-29-27-25-23-20-17-14-11-8-5-2/h27,29,31,34,48-50,54-55H,4-26,28,30,32-33,35-47H2,1-3H3,(H,53,56)/b29-27+,34-31+. The van der Waals surface area contributed by atoms with Gasteiger partial charge in [-0.1, -0.05) is 238 Å². The monoisotopic (exact) mass is 818 g/mol. The molecule has 3 atom stereocenters. The Labute approximate surface area is 361 Å². The zero-order valence-electron chi connectivity index (χ0n) is 38.9. The maximum Gasteiger partial charge on any atom is 0.306 e. The van der Waals surface area contributed by atoms with E-state index in [9.17, 15) is 19.8 Å². The van der Waals surface area contributed by atoms with Crippen LogP contribution in [0.3, 0.4) is 0 Å². The van der Waals surface area contributed by atoms with Crippen LogP contribution in [0.15, 0.2) is 24.3 Å². The first-order valence-electron chi connectivity index (χ1n) is 25.6. The highest BCUT2D eigenvalue weighted by Gasteiger charge is 2.24. The lowest BCUT2D eigenvalue weighted by atomic mass is 10.0. The van der Waals surface area contributed by atoms with E-state index >= 15 is 0 Å². The summed E-state index contributed by atoms with van der Waals surface area (Å²) in [5.41, 5.74) is 0. The molecule has 6 heteroatoms. The van der Waals surface area contributed by atoms with Crippen molar-refractivity contribution in [1.82, 2.24) is 5.32 Å². The van der Waals surface area contributed by atoms with Gasteiger partial charge in [0.2, 0.25) is 5.91 Å². The number of allylic oxidation sites excluding steroid dienone is 4. The molecule has 0 rings (SSSR count). The predicted octanol–water partition coefficient (Wildman–Crippen LogP) is 15.1. The Kier molecular flexibility index (Phi) is 45.1. The van der Waals surface area contributed by atoms with Crippen molar-refractivity contribution in [3.8, 4) is 0 Å². The molecule has 3 N–H and O–H groups in total. The number of aliphatic hydroxyl groups is 2. The van der Waals surface area contributed by atoms with Gasteiger partial charge in [0.15, 0.2) is 0 Å². The van der Waals surface area contributed by atoms with E-state index in [1.54, 1.807) is 0 Å². The summed E-state index contributed by atoms with van der Waals surface area (Å²) >= 11 is 0. The van der Waals surface area contributed by atoms with Gasteiger partial charge in [-0.25, -0.2) is 0 Å². The fourth-order valence-electron chi connectivity index (χ4n) is 7.90. The van der Waals surface area contributed by atoms with Crippen molar-refractivity contribution in [2.45, 2.75) is 289 Å². The summed E-state index contributed by atoms with van der Waals surface area (Å²) in [5.74, 6) is -0.511. The quantitative estimate of drug-likeness (QED) is 0.0323. The maximum absolute atomic E-state index is 13.2. The van der Waals surface area contributed by atoms with E-state index in [-0.39, 0.29) is 24.9 Å². The van der Waals surface area contributed by atoms with Crippen molar-refractivity contribution in [3.05, 3.63) is 24.3 Å². The predicted molar refractivity (Wildman–Crippen MR) is 250 cm³/mol. The van der Waals surface area contributed by atoms with Gasteiger partial charge in [-0.3, -0.25) is 9.59 Å². The van der Waals surface area contributed by atoms with Crippen molar-refractivity contribution in [2.75, 3.05) is 6.61 Å². The van der Waals surface area contributed by atoms with Crippen LogP contribution in [0.25, 0.3) is 0 Å². The van der Waals surface area contributed by atoms with Crippen molar-refractivity contribution in [3.63, 3.8) is 0 Å². The first-order valence-corrected chi connectivity index (χ1v) is 25.6. The molecule has 342 valence electrons. The lowest BCUT2D eigenvalue weighted by molar-refractivity contribution is -0.151. The summed E-state index contributed by atoms with van der Waals surface area (Å²) < 4.78 is 5.89. The summed E-state index contributed by atoms with van der Waals surface area (Å²) in [6, 6.07) is -0.710. The summed E-state index contributed by atoms with van der Waals surface area (Å²) in [4.78, 5) is 26.0. The van der Waals surface area contributed by atoms with Gasteiger partial charge in [0, 0.05) is 6.42 Å². The molecule has 0 spiro atoms. The van der Waals surface area contributed by atoms with Crippen molar-refractivity contribution in [2.24, 2.45) is 0 Å². The Morgan fingerprint density at radius 1 is 0.500 bits per heavy atom. The molecule has 0 aromatic carbocycles. The number of hydrogen-bond acceptors (Lipinski definition) is 5. The number of unbranched alkanes of at least 4 members (excludes halogenated alkanes) is 31. The van der Waals surface area contributed by atoms with Crippen LogP contribution < -0.4 is 5.32 Å². The normalized spacial score (nSPS) is 13.4. The average molecular weight is 818 g/mol. The number of nitrogens with one attached hydrogen (secondary N) is 1. The third-order valence-corrected chi connectivity index (χ3v) is 11.8. The Morgan fingerprint density at radius 2 is 0.879 bits per heavy atom. The van der Waals surface area contributed by atoms with Crippen molar-refractivity contribution in [1.29, 1.82) is 0 Å². The van der Waals surface area contributed by atoms with Gasteiger partial charge in [0.05, 0.1) is 25.2 Å². The molecule has 0 heterocycles. The first-order chi connectivity index (χ1) is 28.5. The van der Waals surface area contributed by atoms with Gasteiger partial charge in [0.1, 0.15) is 6.10 Å². The number of esters is 1. The summed E-state index contributed by atoms with van der Waals surface area (Å²) in [5, 5.41) is 23.7. The van der Waals surface area contributed by atoms with E-state index in [1.165, 1.54) is 167 Å². The minimum absolute atomic E-state index is 0.0496. The average Bonchev–Trinajstić information content (AvgIpc) is 3.22. The van der Waals surface area contributed by atoms with E-state index in [1.807, 2.05) is 0 Å². The molecule has 6 nitrogen and oxygen atoms in total. The molecule has 0 aliphatic carbocycles. The zero-order valence-corrected chi connectivity index (χ0v) is 38.9. The van der Waals surface area contributed by atoms with Gasteiger partial charge >= 0.3 is 5.97 Å². The second-order valence-corrected chi connectivity index (χ2v) is 17.6.